The van der Waals surface area contributed by atoms with E-state index in [2.05, 4.69) is 0 Å². The summed E-state index contributed by atoms with van der Waals surface area (Å²) in [7, 11) is 0. The maximum Gasteiger partial charge on any atom is 0.305 e. The van der Waals surface area contributed by atoms with Gasteiger partial charge in [-0.2, -0.15) is 0 Å². The van der Waals surface area contributed by atoms with Crippen LogP contribution in [-0.4, -0.2) is 51.7 Å². The molecule has 0 aromatic heterocycles. The number of nitrogens with two attached hydrogens (primary N) is 1. The number of fused-ring (bicyclic) bond motifs is 1. The normalized spacial score (nSPS) is 32.5. The third-order valence-electron chi connectivity index (χ3n) is 4.45. The Kier molecular flexibility index (Phi) is 4.10. The third-order valence-corrected chi connectivity index (χ3v) is 4.45. The number of hydrogen-bond donors (Lipinski definition) is 3. The van der Waals surface area contributed by atoms with Gasteiger partial charge >= 0.3 is 5.97 Å². The number of carboxylic acid groups (broad SMARTS) is 1. The predicted molar refractivity (Wildman–Crippen MR) is 68.3 cm³/mol. The second-order valence-corrected chi connectivity index (χ2v) is 5.78. The summed E-state index contributed by atoms with van der Waals surface area (Å²) < 4.78 is 0. The van der Waals surface area contributed by atoms with Crippen molar-refractivity contribution in [2.75, 3.05) is 13.1 Å². The van der Waals surface area contributed by atoms with Crippen molar-refractivity contribution in [3.8, 4) is 0 Å². The van der Waals surface area contributed by atoms with Gasteiger partial charge in [-0.3, -0.25) is 9.59 Å². The van der Waals surface area contributed by atoms with E-state index < -0.39 is 17.6 Å². The molecule has 0 bridgehead atoms. The van der Waals surface area contributed by atoms with Crippen LogP contribution in [0.25, 0.3) is 0 Å². The number of hydrogen-bond acceptors (Lipinski definition) is 4. The highest BCUT2D eigenvalue weighted by molar-refractivity contribution is 5.86. The van der Waals surface area contributed by atoms with Crippen molar-refractivity contribution in [1.29, 1.82) is 0 Å². The summed E-state index contributed by atoms with van der Waals surface area (Å²) in [5, 5.41) is 19.2. The molecule has 108 valence electrons. The second kappa shape index (κ2) is 5.46. The molecule has 3 atom stereocenters. The van der Waals surface area contributed by atoms with Crippen molar-refractivity contribution in [1.82, 2.24) is 4.90 Å². The lowest BCUT2D eigenvalue weighted by molar-refractivity contribution is -0.148. The van der Waals surface area contributed by atoms with Gasteiger partial charge < -0.3 is 20.8 Å². The summed E-state index contributed by atoms with van der Waals surface area (Å²) in [4.78, 5) is 24.3. The van der Waals surface area contributed by atoms with Crippen LogP contribution in [0.5, 0.6) is 0 Å². The molecule has 2 aliphatic rings. The van der Waals surface area contributed by atoms with Crippen LogP contribution in [0.3, 0.4) is 0 Å². The van der Waals surface area contributed by atoms with Gasteiger partial charge in [0, 0.05) is 19.0 Å². The SMILES string of the molecule is NC(CC(=O)O)C(=O)N1CCC2(O)CCCCC2C1. The van der Waals surface area contributed by atoms with Crippen molar-refractivity contribution >= 4 is 11.9 Å². The van der Waals surface area contributed by atoms with E-state index in [0.717, 1.165) is 25.7 Å². The highest BCUT2D eigenvalue weighted by atomic mass is 16.4. The molecule has 1 aliphatic carbocycles. The predicted octanol–water partition coefficient (Wildman–Crippen LogP) is -0.0580. The highest BCUT2D eigenvalue weighted by Crippen LogP contribution is 2.39. The molecule has 0 aromatic rings. The van der Waals surface area contributed by atoms with Gasteiger partial charge in [0.05, 0.1) is 18.1 Å². The van der Waals surface area contributed by atoms with Crippen LogP contribution >= 0.6 is 0 Å². The maximum absolute atomic E-state index is 12.1. The summed E-state index contributed by atoms with van der Waals surface area (Å²) in [6.07, 6.45) is 4.08. The average molecular weight is 270 g/mol. The Morgan fingerprint density at radius 1 is 1.37 bits per heavy atom. The summed E-state index contributed by atoms with van der Waals surface area (Å²) in [5.74, 6) is -1.27. The van der Waals surface area contributed by atoms with Gasteiger partial charge in [-0.15, -0.1) is 0 Å². The largest absolute Gasteiger partial charge is 0.481 e. The summed E-state index contributed by atoms with van der Waals surface area (Å²) in [5.41, 5.74) is 4.98. The van der Waals surface area contributed by atoms with Crippen LogP contribution in [0.15, 0.2) is 0 Å². The van der Waals surface area contributed by atoms with E-state index in [1.54, 1.807) is 4.90 Å². The standard InChI is InChI=1S/C13H22N2O4/c14-10(7-11(16)17)12(18)15-6-5-13(19)4-2-1-3-9(13)8-15/h9-10,19H,1-8,14H2,(H,16,17). The van der Waals surface area contributed by atoms with Crippen LogP contribution < -0.4 is 5.73 Å². The zero-order valence-electron chi connectivity index (χ0n) is 11.0. The highest BCUT2D eigenvalue weighted by Gasteiger charge is 2.44. The first-order valence-corrected chi connectivity index (χ1v) is 6.91. The Morgan fingerprint density at radius 3 is 2.79 bits per heavy atom. The summed E-state index contributed by atoms with van der Waals surface area (Å²) >= 11 is 0. The van der Waals surface area contributed by atoms with Crippen LogP contribution in [-0.2, 0) is 9.59 Å². The molecule has 2 fully saturated rings. The molecule has 1 heterocycles. The van der Waals surface area contributed by atoms with Gasteiger partial charge in [-0.25, -0.2) is 0 Å². The van der Waals surface area contributed by atoms with E-state index in [9.17, 15) is 14.7 Å². The fraction of sp³-hybridized carbons (Fsp3) is 0.846. The van der Waals surface area contributed by atoms with E-state index in [1.165, 1.54) is 0 Å². The van der Waals surface area contributed by atoms with E-state index in [0.29, 0.717) is 19.5 Å². The van der Waals surface area contributed by atoms with E-state index in [1.807, 2.05) is 0 Å². The molecule has 1 saturated heterocycles. The molecule has 4 N–H and O–H groups in total. The Labute approximate surface area is 112 Å². The van der Waals surface area contributed by atoms with Gasteiger partial charge in [0.1, 0.15) is 0 Å². The van der Waals surface area contributed by atoms with Crippen LogP contribution in [0.1, 0.15) is 38.5 Å². The lowest BCUT2D eigenvalue weighted by atomic mass is 9.71. The Morgan fingerprint density at radius 2 is 2.11 bits per heavy atom. The Bertz CT molecular complexity index is 374. The van der Waals surface area contributed by atoms with Crippen molar-refractivity contribution < 1.29 is 19.8 Å². The van der Waals surface area contributed by atoms with E-state index in [4.69, 9.17) is 10.8 Å². The Hall–Kier alpha value is -1.14. The molecular formula is C13H22N2O4. The first-order chi connectivity index (χ1) is 8.92. The molecule has 0 spiro atoms. The van der Waals surface area contributed by atoms with Crippen LogP contribution in [0.2, 0.25) is 0 Å². The quantitative estimate of drug-likeness (QED) is 0.666. The number of rotatable bonds is 3. The van der Waals surface area contributed by atoms with Crippen molar-refractivity contribution in [2.45, 2.75) is 50.2 Å². The zero-order chi connectivity index (χ0) is 14.0. The number of likely N-dealkylation sites (tertiary alicyclic amines) is 1. The topological polar surface area (TPSA) is 104 Å². The molecule has 1 saturated carbocycles. The van der Waals surface area contributed by atoms with E-state index in [-0.39, 0.29) is 18.2 Å². The van der Waals surface area contributed by atoms with Gasteiger partial charge in [0.2, 0.25) is 5.91 Å². The maximum atomic E-state index is 12.1. The zero-order valence-corrected chi connectivity index (χ0v) is 11.0. The molecule has 1 amide bonds. The van der Waals surface area contributed by atoms with Crippen LogP contribution in [0, 0.1) is 5.92 Å². The fourth-order valence-corrected chi connectivity index (χ4v) is 3.28. The molecule has 6 nitrogen and oxygen atoms in total. The summed E-state index contributed by atoms with van der Waals surface area (Å²) in [6.45, 7) is 0.974. The third kappa shape index (κ3) is 3.06. The Balaban J connectivity index is 1.96. The number of carboxylic acids is 1. The number of piperidine rings is 1. The van der Waals surface area contributed by atoms with Crippen molar-refractivity contribution in [2.24, 2.45) is 11.7 Å². The number of carbonyl (C=O) groups is 2. The summed E-state index contributed by atoms with van der Waals surface area (Å²) in [6, 6.07) is -0.979. The minimum Gasteiger partial charge on any atom is -0.481 e. The minimum atomic E-state index is -1.06. The smallest absolute Gasteiger partial charge is 0.305 e. The number of nitrogens with zero attached hydrogens (tertiary/aromatic N) is 1. The van der Waals surface area contributed by atoms with E-state index >= 15 is 0 Å². The van der Waals surface area contributed by atoms with Gasteiger partial charge in [0.15, 0.2) is 0 Å². The number of carbonyl (C=O) groups excluding carboxylic acids is 1. The minimum absolute atomic E-state index is 0.107. The average Bonchev–Trinajstić information content (AvgIpc) is 2.36. The number of aliphatic carboxylic acids is 1. The van der Waals surface area contributed by atoms with Gasteiger partial charge in [-0.1, -0.05) is 12.8 Å². The molecular weight excluding hydrogens is 248 g/mol. The lowest BCUT2D eigenvalue weighted by Crippen LogP contribution is -2.57. The first kappa shape index (κ1) is 14.3. The van der Waals surface area contributed by atoms with Crippen molar-refractivity contribution in [3.63, 3.8) is 0 Å². The van der Waals surface area contributed by atoms with Gasteiger partial charge in [-0.05, 0) is 19.3 Å². The lowest BCUT2D eigenvalue weighted by Gasteiger charge is -2.47. The van der Waals surface area contributed by atoms with Gasteiger partial charge in [0.25, 0.3) is 0 Å². The molecule has 19 heavy (non-hydrogen) atoms. The molecule has 0 radical (unpaired) electrons. The second-order valence-electron chi connectivity index (χ2n) is 5.78. The molecule has 1 aliphatic heterocycles. The van der Waals surface area contributed by atoms with Crippen molar-refractivity contribution in [3.05, 3.63) is 0 Å². The monoisotopic (exact) mass is 270 g/mol. The number of amides is 1. The fourth-order valence-electron chi connectivity index (χ4n) is 3.28. The first-order valence-electron chi connectivity index (χ1n) is 6.91. The molecule has 0 aromatic carbocycles. The molecule has 6 heteroatoms. The number of aliphatic hydroxyl groups is 1. The van der Waals surface area contributed by atoms with Crippen LogP contribution in [0.4, 0.5) is 0 Å². The molecule has 2 rings (SSSR count). The molecule has 3 unspecified atom stereocenters.